The minimum Gasteiger partial charge on any atom is -0.378 e. The molecule has 1 saturated heterocycles. The van der Waals surface area contributed by atoms with Crippen molar-refractivity contribution < 1.29 is 18.4 Å². The van der Waals surface area contributed by atoms with Crippen molar-refractivity contribution in [1.29, 1.82) is 0 Å². The molecule has 2 rings (SSSR count). The predicted octanol–water partition coefficient (Wildman–Crippen LogP) is 0.213. The average Bonchev–Trinajstić information content (AvgIpc) is 2.39. The molecule has 0 spiro atoms. The van der Waals surface area contributed by atoms with Gasteiger partial charge in [0.25, 0.3) is 0 Å². The molecule has 18 heavy (non-hydrogen) atoms. The zero-order valence-electron chi connectivity index (χ0n) is 9.62. The molecule has 0 saturated carbocycles. The first kappa shape index (κ1) is 14.0. The Bertz CT molecular complexity index is 456. The minimum atomic E-state index is -3.74. The molecule has 0 aromatic heterocycles. The molecule has 2 N–H and O–H groups in total. The highest BCUT2D eigenvalue weighted by atomic mass is 79.9. The smallest absolute Gasteiger partial charge is 0.241 e. The van der Waals surface area contributed by atoms with Crippen molar-refractivity contribution in [1.82, 2.24) is 9.79 Å². The van der Waals surface area contributed by atoms with Crippen LogP contribution in [0.5, 0.6) is 0 Å². The van der Waals surface area contributed by atoms with E-state index in [0.717, 1.165) is 18.8 Å². The van der Waals surface area contributed by atoms with E-state index >= 15 is 0 Å². The number of morpholine rings is 1. The summed E-state index contributed by atoms with van der Waals surface area (Å²) < 4.78 is 28.4. The fourth-order valence-electron chi connectivity index (χ4n) is 1.98. The second kappa shape index (κ2) is 5.70. The van der Waals surface area contributed by atoms with E-state index < -0.39 is 15.3 Å². The quantitative estimate of drug-likeness (QED) is 0.568. The van der Waals surface area contributed by atoms with Crippen LogP contribution in [0.4, 0.5) is 0 Å². The lowest BCUT2D eigenvalue weighted by Crippen LogP contribution is -2.40. The zero-order valence-corrected chi connectivity index (χ0v) is 12.0. The second-order valence-corrected chi connectivity index (χ2v) is 6.97. The minimum absolute atomic E-state index is 0.370. The van der Waals surface area contributed by atoms with E-state index in [9.17, 15) is 8.42 Å². The van der Waals surface area contributed by atoms with Crippen LogP contribution in [-0.4, -0.2) is 54.9 Å². The zero-order chi connectivity index (χ0) is 13.2. The first-order chi connectivity index (χ1) is 8.54. The van der Waals surface area contributed by atoms with Crippen molar-refractivity contribution in [2.75, 3.05) is 26.3 Å². The van der Waals surface area contributed by atoms with Gasteiger partial charge in [-0.2, -0.15) is 0 Å². The van der Waals surface area contributed by atoms with Gasteiger partial charge in [0, 0.05) is 18.8 Å². The highest BCUT2D eigenvalue weighted by molar-refractivity contribution is 9.09. The third kappa shape index (κ3) is 2.94. The number of ether oxygens (including phenoxy) is 1. The van der Waals surface area contributed by atoms with E-state index in [1.165, 1.54) is 4.89 Å². The van der Waals surface area contributed by atoms with Gasteiger partial charge in [-0.05, 0) is 12.2 Å². The summed E-state index contributed by atoms with van der Waals surface area (Å²) in [6.45, 7) is 2.95. The molecule has 1 aliphatic carbocycles. The normalized spacial score (nSPS) is 29.2. The Kier molecular flexibility index (Phi) is 4.44. The van der Waals surface area contributed by atoms with E-state index in [-0.39, 0.29) is 4.83 Å². The van der Waals surface area contributed by atoms with Gasteiger partial charge in [0.05, 0.1) is 18.0 Å². The van der Waals surface area contributed by atoms with Gasteiger partial charge in [-0.1, -0.05) is 26.9 Å². The molecule has 1 aliphatic heterocycles. The molecule has 0 radical (unpaired) electrons. The molecule has 8 heteroatoms. The van der Waals surface area contributed by atoms with Gasteiger partial charge in [-0.25, -0.2) is 8.42 Å². The van der Waals surface area contributed by atoms with Crippen LogP contribution in [0.3, 0.4) is 0 Å². The Balaban J connectivity index is 2.11. The number of nitrogens with zero attached hydrogens (tertiary/aromatic N) is 1. The van der Waals surface area contributed by atoms with Crippen molar-refractivity contribution in [3.63, 3.8) is 0 Å². The average molecular weight is 339 g/mol. The molecular weight excluding hydrogens is 324 g/mol. The number of sulfonamides is 1. The maximum absolute atomic E-state index is 11.5. The van der Waals surface area contributed by atoms with Crippen molar-refractivity contribution in [2.45, 2.75) is 10.1 Å². The third-order valence-corrected chi connectivity index (χ3v) is 5.57. The Morgan fingerprint density at radius 2 is 2.11 bits per heavy atom. The van der Waals surface area contributed by atoms with Gasteiger partial charge >= 0.3 is 0 Å². The van der Waals surface area contributed by atoms with E-state index in [1.807, 2.05) is 6.08 Å². The second-order valence-electron chi connectivity index (χ2n) is 4.10. The lowest BCUT2D eigenvalue weighted by molar-refractivity contribution is 0.0551. The molecule has 1 heterocycles. The standard InChI is InChI=1S/C10H15BrN2O4S/c11-9-7-8(13-3-5-17-6-4-13)1-2-10(9)18(15,16)12-14/h1-2,7,9-10,12,14H,3-6H2. The SMILES string of the molecule is O=S(=O)(NO)C1C=CC(N2CCOCC2)=CC1Br. The topological polar surface area (TPSA) is 78.9 Å². The molecule has 0 aromatic carbocycles. The van der Waals surface area contributed by atoms with Gasteiger partial charge in [0.1, 0.15) is 5.25 Å². The van der Waals surface area contributed by atoms with Crippen molar-refractivity contribution in [3.05, 3.63) is 23.9 Å². The van der Waals surface area contributed by atoms with Crippen LogP contribution in [-0.2, 0) is 14.8 Å². The monoisotopic (exact) mass is 338 g/mol. The predicted molar refractivity (Wildman–Crippen MR) is 70.0 cm³/mol. The summed E-state index contributed by atoms with van der Waals surface area (Å²) in [6, 6.07) is 0. The summed E-state index contributed by atoms with van der Waals surface area (Å²) in [6.07, 6.45) is 5.18. The summed E-state index contributed by atoms with van der Waals surface area (Å²) in [5.74, 6) is 0. The molecule has 0 amide bonds. The van der Waals surface area contributed by atoms with Crippen LogP contribution < -0.4 is 4.89 Å². The highest BCUT2D eigenvalue weighted by Crippen LogP contribution is 2.25. The molecule has 0 bridgehead atoms. The fourth-order valence-corrected chi connectivity index (χ4v) is 4.11. The first-order valence-corrected chi connectivity index (χ1v) is 8.02. The maximum atomic E-state index is 11.5. The summed E-state index contributed by atoms with van der Waals surface area (Å²) in [7, 11) is -3.74. The van der Waals surface area contributed by atoms with Gasteiger partial charge in [-0.15, -0.1) is 0 Å². The van der Waals surface area contributed by atoms with Crippen LogP contribution in [0.2, 0.25) is 0 Å². The van der Waals surface area contributed by atoms with Crippen LogP contribution >= 0.6 is 15.9 Å². The summed E-state index contributed by atoms with van der Waals surface area (Å²) in [4.78, 5) is 3.14. The Labute approximate surface area is 114 Å². The van der Waals surface area contributed by atoms with Crippen molar-refractivity contribution in [2.24, 2.45) is 0 Å². The number of halogens is 1. The van der Waals surface area contributed by atoms with Crippen LogP contribution in [0.15, 0.2) is 23.9 Å². The molecule has 6 nitrogen and oxygen atoms in total. The lowest BCUT2D eigenvalue weighted by atomic mass is 10.1. The number of nitrogens with one attached hydrogen (secondary N) is 1. The Hall–Kier alpha value is -0.410. The molecule has 0 aromatic rings. The summed E-state index contributed by atoms with van der Waals surface area (Å²) in [5.41, 5.74) is 0.976. The molecular formula is C10H15BrN2O4S. The largest absolute Gasteiger partial charge is 0.378 e. The van der Waals surface area contributed by atoms with Gasteiger partial charge in [0.2, 0.25) is 10.0 Å². The summed E-state index contributed by atoms with van der Waals surface area (Å²) >= 11 is 3.32. The van der Waals surface area contributed by atoms with Gasteiger partial charge < -0.3 is 14.8 Å². The number of hydrogen-bond acceptors (Lipinski definition) is 5. The number of allylic oxidation sites excluding steroid dienone is 2. The van der Waals surface area contributed by atoms with E-state index in [4.69, 9.17) is 9.94 Å². The third-order valence-electron chi connectivity index (χ3n) is 2.96. The van der Waals surface area contributed by atoms with Gasteiger partial charge in [0.15, 0.2) is 0 Å². The van der Waals surface area contributed by atoms with Crippen LogP contribution in [0.25, 0.3) is 0 Å². The molecule has 2 atom stereocenters. The van der Waals surface area contributed by atoms with Crippen molar-refractivity contribution in [3.8, 4) is 0 Å². The van der Waals surface area contributed by atoms with E-state index in [2.05, 4.69) is 20.8 Å². The molecule has 2 unspecified atom stereocenters. The molecule has 2 aliphatic rings. The van der Waals surface area contributed by atoms with E-state index in [1.54, 1.807) is 12.2 Å². The number of rotatable bonds is 3. The van der Waals surface area contributed by atoms with Crippen LogP contribution in [0.1, 0.15) is 0 Å². The lowest BCUT2D eigenvalue weighted by Gasteiger charge is -2.32. The number of alkyl halides is 1. The fraction of sp³-hybridized carbons (Fsp3) is 0.600. The van der Waals surface area contributed by atoms with Crippen LogP contribution in [0, 0.1) is 0 Å². The Morgan fingerprint density at radius 3 is 2.67 bits per heavy atom. The number of hydrogen-bond donors (Lipinski definition) is 2. The molecule has 102 valence electrons. The maximum Gasteiger partial charge on any atom is 0.241 e. The first-order valence-electron chi connectivity index (χ1n) is 5.56. The highest BCUT2D eigenvalue weighted by Gasteiger charge is 2.31. The summed E-state index contributed by atoms with van der Waals surface area (Å²) in [5, 5.41) is 7.83. The molecule has 1 fully saturated rings. The van der Waals surface area contributed by atoms with Crippen molar-refractivity contribution >= 4 is 26.0 Å². The Morgan fingerprint density at radius 1 is 1.44 bits per heavy atom. The van der Waals surface area contributed by atoms with E-state index in [0.29, 0.717) is 13.2 Å². The van der Waals surface area contributed by atoms with Gasteiger partial charge in [-0.3, -0.25) is 0 Å².